The molecule has 5 aliphatic rings. The Morgan fingerprint density at radius 3 is 2.50 bits per heavy atom. The van der Waals surface area contributed by atoms with Gasteiger partial charge < -0.3 is 9.47 Å². The summed E-state index contributed by atoms with van der Waals surface area (Å²) in [6.07, 6.45) is 4.41. The lowest BCUT2D eigenvalue weighted by atomic mass is 9.67. The van der Waals surface area contributed by atoms with Crippen molar-refractivity contribution in [3.63, 3.8) is 0 Å². The van der Waals surface area contributed by atoms with Crippen LogP contribution in [0.4, 0.5) is 0 Å². The van der Waals surface area contributed by atoms with E-state index in [0.717, 1.165) is 18.8 Å². The molecule has 4 heteroatoms. The molecular formula is C20H26O4. The lowest BCUT2D eigenvalue weighted by molar-refractivity contribution is -0.158. The zero-order valence-electron chi connectivity index (χ0n) is 14.5. The van der Waals surface area contributed by atoms with E-state index in [9.17, 15) is 9.59 Å². The van der Waals surface area contributed by atoms with E-state index in [1.807, 2.05) is 0 Å². The van der Waals surface area contributed by atoms with Crippen molar-refractivity contribution in [1.29, 1.82) is 0 Å². The molecule has 130 valence electrons. The predicted molar refractivity (Wildman–Crippen MR) is 86.7 cm³/mol. The first kappa shape index (κ1) is 15.0. The van der Waals surface area contributed by atoms with Gasteiger partial charge in [0.1, 0.15) is 5.60 Å². The zero-order valence-corrected chi connectivity index (χ0v) is 14.5. The Morgan fingerprint density at radius 1 is 1.17 bits per heavy atom. The lowest BCUT2D eigenvalue weighted by Crippen LogP contribution is -2.39. The third-order valence-corrected chi connectivity index (χ3v) is 7.91. The van der Waals surface area contributed by atoms with E-state index in [-0.39, 0.29) is 23.5 Å². The van der Waals surface area contributed by atoms with Crippen molar-refractivity contribution in [3.05, 3.63) is 12.2 Å². The fourth-order valence-electron chi connectivity index (χ4n) is 7.54. The highest BCUT2D eigenvalue weighted by Gasteiger charge is 2.69. The standard InChI is InChI=1S/C20H26O4/c1-9(2)18(21)24-20(3)6-10-4-11(7-20)16-13-5-12(15(10)16)14-8-23-19(22)17(13)14/h10-17H,1,4-8H2,2-3H3. The van der Waals surface area contributed by atoms with Crippen molar-refractivity contribution in [2.24, 2.45) is 47.3 Å². The molecule has 4 saturated carbocycles. The largest absolute Gasteiger partial charge is 0.465 e. The molecule has 1 heterocycles. The Labute approximate surface area is 143 Å². The topological polar surface area (TPSA) is 52.6 Å². The van der Waals surface area contributed by atoms with E-state index in [1.54, 1.807) is 6.92 Å². The number of fused-ring (bicyclic) bond motifs is 12. The highest BCUT2D eigenvalue weighted by atomic mass is 16.6. The molecule has 0 spiro atoms. The Kier molecular flexibility index (Phi) is 2.90. The van der Waals surface area contributed by atoms with Crippen molar-refractivity contribution < 1.29 is 19.1 Å². The second-order valence-corrected chi connectivity index (χ2v) is 9.32. The van der Waals surface area contributed by atoms with Gasteiger partial charge in [-0.05, 0) is 75.0 Å². The number of hydrogen-bond donors (Lipinski definition) is 0. The number of hydrogen-bond acceptors (Lipinski definition) is 4. The Morgan fingerprint density at radius 2 is 1.83 bits per heavy atom. The molecule has 0 aromatic rings. The zero-order chi connectivity index (χ0) is 16.8. The average molecular weight is 330 g/mol. The summed E-state index contributed by atoms with van der Waals surface area (Å²) >= 11 is 0. The maximum atomic E-state index is 12.2. The van der Waals surface area contributed by atoms with Crippen LogP contribution in [-0.4, -0.2) is 24.1 Å². The number of rotatable bonds is 2. The molecule has 0 aromatic carbocycles. The van der Waals surface area contributed by atoms with Gasteiger partial charge in [0, 0.05) is 11.5 Å². The van der Waals surface area contributed by atoms with Crippen LogP contribution in [-0.2, 0) is 19.1 Å². The van der Waals surface area contributed by atoms with Gasteiger partial charge in [0.25, 0.3) is 0 Å². The van der Waals surface area contributed by atoms with E-state index < -0.39 is 0 Å². The molecule has 1 saturated heterocycles. The van der Waals surface area contributed by atoms with Crippen LogP contribution in [0.15, 0.2) is 12.2 Å². The number of carbonyl (C=O) groups is 2. The highest BCUT2D eigenvalue weighted by molar-refractivity contribution is 5.87. The minimum absolute atomic E-state index is 0.0591. The average Bonchev–Trinajstić information content (AvgIpc) is 3.20. The number of cyclic esters (lactones) is 1. The van der Waals surface area contributed by atoms with Gasteiger partial charge in [-0.1, -0.05) is 6.58 Å². The van der Waals surface area contributed by atoms with E-state index in [0.29, 0.717) is 47.7 Å². The first-order chi connectivity index (χ1) is 11.4. The SMILES string of the molecule is C=C(C)C(=O)OC1(C)CC2CC(C1)C1C3CC(C4COC(=O)C43)C21. The third kappa shape index (κ3) is 1.80. The molecule has 0 aromatic heterocycles. The van der Waals surface area contributed by atoms with Gasteiger partial charge >= 0.3 is 11.9 Å². The van der Waals surface area contributed by atoms with Crippen LogP contribution >= 0.6 is 0 Å². The van der Waals surface area contributed by atoms with Gasteiger partial charge in [0.2, 0.25) is 0 Å². The molecular weight excluding hydrogens is 304 g/mol. The molecule has 4 aliphatic carbocycles. The molecule has 0 radical (unpaired) electrons. The highest BCUT2D eigenvalue weighted by Crippen LogP contribution is 2.71. The molecule has 0 N–H and O–H groups in total. The lowest BCUT2D eigenvalue weighted by Gasteiger charge is -2.39. The molecule has 0 amide bonds. The van der Waals surface area contributed by atoms with Crippen LogP contribution in [0, 0.1) is 47.3 Å². The minimum Gasteiger partial charge on any atom is -0.465 e. The monoisotopic (exact) mass is 330 g/mol. The summed E-state index contributed by atoms with van der Waals surface area (Å²) < 4.78 is 11.3. The quantitative estimate of drug-likeness (QED) is 0.444. The second kappa shape index (κ2) is 4.64. The first-order valence-electron chi connectivity index (χ1n) is 9.43. The summed E-state index contributed by atoms with van der Waals surface area (Å²) in [5.41, 5.74) is 0.120. The summed E-state index contributed by atoms with van der Waals surface area (Å²) in [6, 6.07) is 0. The Bertz CT molecular complexity index is 640. The maximum absolute atomic E-state index is 12.2. The Hall–Kier alpha value is -1.32. The molecule has 1 aliphatic heterocycles. The van der Waals surface area contributed by atoms with Crippen LogP contribution in [0.5, 0.6) is 0 Å². The third-order valence-electron chi connectivity index (χ3n) is 7.91. The van der Waals surface area contributed by atoms with E-state index in [2.05, 4.69) is 13.5 Å². The van der Waals surface area contributed by atoms with Crippen LogP contribution < -0.4 is 0 Å². The summed E-state index contributed by atoms with van der Waals surface area (Å²) in [5, 5.41) is 0. The van der Waals surface area contributed by atoms with Gasteiger partial charge in [0.05, 0.1) is 12.5 Å². The first-order valence-corrected chi connectivity index (χ1v) is 9.43. The van der Waals surface area contributed by atoms with Crippen LogP contribution in [0.2, 0.25) is 0 Å². The second-order valence-electron chi connectivity index (χ2n) is 9.32. The van der Waals surface area contributed by atoms with Crippen LogP contribution in [0.3, 0.4) is 0 Å². The maximum Gasteiger partial charge on any atom is 0.333 e. The molecule has 9 atom stereocenters. The van der Waals surface area contributed by atoms with Gasteiger partial charge in [-0.15, -0.1) is 0 Å². The van der Waals surface area contributed by atoms with Crippen molar-refractivity contribution in [2.45, 2.75) is 45.1 Å². The fourth-order valence-corrected chi connectivity index (χ4v) is 7.54. The molecule has 24 heavy (non-hydrogen) atoms. The normalized spacial score (nSPS) is 53.5. The number of esters is 2. The smallest absolute Gasteiger partial charge is 0.333 e. The van der Waals surface area contributed by atoms with Crippen molar-refractivity contribution >= 4 is 11.9 Å². The summed E-state index contributed by atoms with van der Waals surface area (Å²) in [6.45, 7) is 8.18. The van der Waals surface area contributed by atoms with E-state index in [4.69, 9.17) is 9.47 Å². The predicted octanol–water partition coefficient (Wildman–Crippen LogP) is 2.97. The van der Waals surface area contributed by atoms with Crippen molar-refractivity contribution in [1.82, 2.24) is 0 Å². The van der Waals surface area contributed by atoms with Gasteiger partial charge in [-0.25, -0.2) is 4.79 Å². The molecule has 9 unspecified atom stereocenters. The van der Waals surface area contributed by atoms with E-state index in [1.165, 1.54) is 12.8 Å². The van der Waals surface area contributed by atoms with Crippen molar-refractivity contribution in [2.75, 3.05) is 6.61 Å². The number of ether oxygens (including phenoxy) is 2. The summed E-state index contributed by atoms with van der Waals surface area (Å²) in [4.78, 5) is 24.2. The number of carbonyl (C=O) groups excluding carboxylic acids is 2. The van der Waals surface area contributed by atoms with Gasteiger partial charge in [-0.3, -0.25) is 4.79 Å². The molecule has 5 fully saturated rings. The van der Waals surface area contributed by atoms with Crippen molar-refractivity contribution in [3.8, 4) is 0 Å². The van der Waals surface area contributed by atoms with Gasteiger partial charge in [0.15, 0.2) is 0 Å². The summed E-state index contributed by atoms with van der Waals surface area (Å²) in [5.74, 6) is 4.23. The van der Waals surface area contributed by atoms with Gasteiger partial charge in [-0.2, -0.15) is 0 Å². The van der Waals surface area contributed by atoms with E-state index >= 15 is 0 Å². The molecule has 5 rings (SSSR count). The fraction of sp³-hybridized carbons (Fsp3) is 0.800. The Balaban J connectivity index is 1.41. The minimum atomic E-state index is -0.358. The van der Waals surface area contributed by atoms with Crippen LogP contribution in [0.25, 0.3) is 0 Å². The molecule has 4 bridgehead atoms. The molecule has 4 nitrogen and oxygen atoms in total. The summed E-state index contributed by atoms with van der Waals surface area (Å²) in [7, 11) is 0. The van der Waals surface area contributed by atoms with Crippen LogP contribution in [0.1, 0.15) is 39.5 Å².